The van der Waals surface area contributed by atoms with Gasteiger partial charge in [-0.2, -0.15) is 52.7 Å². The van der Waals surface area contributed by atoms with Gasteiger partial charge in [0.15, 0.2) is 63.9 Å². The molecule has 0 aromatic heterocycles. The molecular weight excluding hydrogens is 862 g/mol. The zero-order chi connectivity index (χ0) is 43.3. The minimum atomic E-state index is -7.77. The van der Waals surface area contributed by atoms with Crippen molar-refractivity contribution in [1.82, 2.24) is 0 Å². The molecule has 0 saturated carbocycles. The van der Waals surface area contributed by atoms with Crippen molar-refractivity contribution in [3.63, 3.8) is 0 Å². The number of hydrogen-bond acceptors (Lipinski definition) is 4. The summed E-state index contributed by atoms with van der Waals surface area (Å²) in [5.74, 6) is -64.2. The van der Waals surface area contributed by atoms with E-state index >= 15 is 17.6 Å². The number of ether oxygens (including phenoxy) is 2. The second-order valence-electron chi connectivity index (χ2n) is 10.6. The Balaban J connectivity index is 2.10. The number of benzene rings is 4. The van der Waals surface area contributed by atoms with Crippen LogP contribution in [0, 0.1) is 100.0 Å². The zero-order valence-corrected chi connectivity index (χ0v) is 26.7. The van der Waals surface area contributed by atoms with Crippen molar-refractivity contribution in [2.75, 3.05) is 7.11 Å². The first-order valence-electron chi connectivity index (χ1n) is 13.4. The molecule has 0 unspecified atom stereocenters. The van der Waals surface area contributed by atoms with E-state index in [4.69, 9.17) is 0 Å². The van der Waals surface area contributed by atoms with Gasteiger partial charge >= 0.3 is 12.4 Å². The fraction of sp³-hybridized carbons (Fsp3) is 0.172. The first-order valence-corrected chi connectivity index (χ1v) is 14.9. The Bertz CT molecular complexity index is 2330. The van der Waals surface area contributed by atoms with Crippen molar-refractivity contribution in [3.8, 4) is 17.2 Å². The van der Waals surface area contributed by atoms with Crippen molar-refractivity contribution < 1.29 is 114 Å². The van der Waals surface area contributed by atoms with E-state index in [2.05, 4.69) is 9.47 Å². The first kappa shape index (κ1) is 43.6. The summed E-state index contributed by atoms with van der Waals surface area (Å²) >= 11 is 0. The van der Waals surface area contributed by atoms with E-state index in [1.165, 1.54) is 0 Å². The molecule has 0 aliphatic carbocycles. The van der Waals surface area contributed by atoms with Crippen molar-refractivity contribution in [2.45, 2.75) is 34.5 Å². The fourth-order valence-electron chi connectivity index (χ4n) is 5.08. The smallest absolute Gasteiger partial charge is 0.411 e. The van der Waals surface area contributed by atoms with E-state index in [-0.39, 0.29) is 14.0 Å². The van der Waals surface area contributed by atoms with Gasteiger partial charge in [-0.25, -0.2) is 52.3 Å². The highest BCUT2D eigenvalue weighted by atomic mass is 32.2. The van der Waals surface area contributed by atoms with Gasteiger partial charge in [0.25, 0.3) is 0 Å². The number of methoxy groups -OCH3 is 1. The lowest BCUT2D eigenvalue weighted by molar-refractivity contribution is -0.291. The van der Waals surface area contributed by atoms with Crippen molar-refractivity contribution >= 4 is 9.84 Å². The van der Waals surface area contributed by atoms with Gasteiger partial charge in [-0.3, -0.25) is 0 Å². The highest BCUT2D eigenvalue weighted by Gasteiger charge is 2.77. The summed E-state index contributed by atoms with van der Waals surface area (Å²) in [6, 6.07) is 0. The average Bonchev–Trinajstić information content (AvgIpc) is 3.08. The summed E-state index contributed by atoms with van der Waals surface area (Å²) in [6.45, 7) is 0.289. The van der Waals surface area contributed by atoms with Gasteiger partial charge < -0.3 is 9.47 Å². The molecule has 306 valence electrons. The molecule has 4 aromatic rings. The molecule has 4 aromatic carbocycles. The lowest BCUT2D eigenvalue weighted by Gasteiger charge is -2.39. The standard InChI is InChI=1S/C29H6F22O4S/c1-3-6(30)18(42)25(19(43)7(3)31)56(52,53)26-20(44)16(40)24(17(41)21(26)45)55-23-14(38)10(34)5(11(35)15(23)39)27(28(46,47)48,29(49,50)51)4-8(32)12(36)22(54-2)13(37)9(4)33/h1-2H3. The van der Waals surface area contributed by atoms with Gasteiger partial charge in [-0.15, -0.1) is 0 Å². The van der Waals surface area contributed by atoms with Crippen LogP contribution in [0.2, 0.25) is 0 Å². The normalized spacial score (nSPS) is 12.8. The molecule has 0 bridgehead atoms. The maximum absolute atomic E-state index is 15.3. The van der Waals surface area contributed by atoms with Crippen LogP contribution < -0.4 is 9.47 Å². The maximum atomic E-state index is 15.3. The van der Waals surface area contributed by atoms with Gasteiger partial charge in [-0.1, -0.05) is 0 Å². The Morgan fingerprint density at radius 1 is 0.393 bits per heavy atom. The predicted octanol–water partition coefficient (Wildman–Crippen LogP) is 10.3. The third-order valence-corrected chi connectivity index (χ3v) is 9.41. The molecule has 0 aliphatic rings. The molecular formula is C29H6F22O4S. The molecule has 0 aliphatic heterocycles. The van der Waals surface area contributed by atoms with Crippen molar-refractivity contribution in [3.05, 3.63) is 110 Å². The van der Waals surface area contributed by atoms with Crippen LogP contribution in [-0.4, -0.2) is 27.9 Å². The summed E-state index contributed by atoms with van der Waals surface area (Å²) in [5, 5.41) is 0. The van der Waals surface area contributed by atoms with Crippen LogP contribution >= 0.6 is 0 Å². The summed E-state index contributed by atoms with van der Waals surface area (Å²) < 4.78 is 355. The van der Waals surface area contributed by atoms with Crippen LogP contribution in [0.15, 0.2) is 9.79 Å². The topological polar surface area (TPSA) is 52.6 Å². The lowest BCUT2D eigenvalue weighted by Crippen LogP contribution is -2.57. The highest BCUT2D eigenvalue weighted by Crippen LogP contribution is 2.60. The minimum Gasteiger partial charge on any atom is -0.491 e. The molecule has 0 radical (unpaired) electrons. The number of alkyl halides is 6. The second-order valence-corrected chi connectivity index (χ2v) is 12.4. The first-order chi connectivity index (χ1) is 25.4. The van der Waals surface area contributed by atoms with E-state index in [1.807, 2.05) is 0 Å². The molecule has 56 heavy (non-hydrogen) atoms. The van der Waals surface area contributed by atoms with Gasteiger partial charge in [0.1, 0.15) is 9.79 Å². The molecule has 4 nitrogen and oxygen atoms in total. The molecule has 0 N–H and O–H groups in total. The maximum Gasteiger partial charge on any atom is 0.411 e. The lowest BCUT2D eigenvalue weighted by atomic mass is 9.71. The van der Waals surface area contributed by atoms with Crippen LogP contribution in [0.1, 0.15) is 16.7 Å². The molecule has 4 rings (SSSR count). The predicted molar refractivity (Wildman–Crippen MR) is 135 cm³/mol. The SMILES string of the molecule is COc1c(F)c(F)c(C(c2c(F)c(F)c(Oc3c(F)c(F)c(S(=O)(=O)c4c(F)c(F)c(C)c(F)c4F)c(F)c3F)c(F)c2F)(C(F)(F)F)C(F)(F)F)c(F)c1F. The monoisotopic (exact) mass is 868 g/mol. The molecule has 0 heterocycles. The Morgan fingerprint density at radius 2 is 0.643 bits per heavy atom. The van der Waals surface area contributed by atoms with E-state index < -0.39 is 164 Å². The third-order valence-electron chi connectivity index (χ3n) is 7.62. The molecule has 0 atom stereocenters. The molecule has 0 spiro atoms. The zero-order valence-electron chi connectivity index (χ0n) is 25.9. The Hall–Kier alpha value is -5.11. The van der Waals surface area contributed by atoms with Crippen LogP contribution in [0.3, 0.4) is 0 Å². The van der Waals surface area contributed by atoms with Crippen LogP contribution in [0.4, 0.5) is 96.6 Å². The van der Waals surface area contributed by atoms with E-state index in [0.717, 1.165) is 0 Å². The summed E-state index contributed by atoms with van der Waals surface area (Å²) in [6.07, 6.45) is -15.5. The Morgan fingerprint density at radius 3 is 0.911 bits per heavy atom. The highest BCUT2D eigenvalue weighted by molar-refractivity contribution is 7.91. The quantitative estimate of drug-likeness (QED) is 0.137. The number of halogens is 22. The minimum absolute atomic E-state index is 0.144. The Kier molecular flexibility index (Phi) is 10.8. The number of rotatable bonds is 7. The van der Waals surface area contributed by atoms with E-state index in [9.17, 15) is 87.4 Å². The van der Waals surface area contributed by atoms with Crippen LogP contribution in [0.25, 0.3) is 0 Å². The van der Waals surface area contributed by atoms with Crippen LogP contribution in [-0.2, 0) is 15.3 Å². The molecule has 0 fully saturated rings. The summed E-state index contributed by atoms with van der Waals surface area (Å²) in [4.78, 5) is -6.19. The fourth-order valence-corrected chi connectivity index (χ4v) is 6.59. The molecule has 27 heteroatoms. The number of hydrogen-bond donors (Lipinski definition) is 0. The second kappa shape index (κ2) is 13.8. The van der Waals surface area contributed by atoms with Gasteiger partial charge in [0.2, 0.25) is 61.7 Å². The number of sulfone groups is 1. The van der Waals surface area contributed by atoms with E-state index in [1.54, 1.807) is 0 Å². The summed E-state index contributed by atoms with van der Waals surface area (Å²) in [5.41, 5.74) is -17.2. The van der Waals surface area contributed by atoms with Gasteiger partial charge in [0.05, 0.1) is 18.2 Å². The Labute approximate surface area is 293 Å². The van der Waals surface area contributed by atoms with Crippen LogP contribution in [0.5, 0.6) is 17.2 Å². The molecule has 0 amide bonds. The van der Waals surface area contributed by atoms with Crippen molar-refractivity contribution in [2.24, 2.45) is 0 Å². The van der Waals surface area contributed by atoms with E-state index in [0.29, 0.717) is 0 Å². The van der Waals surface area contributed by atoms with Crippen molar-refractivity contribution in [1.29, 1.82) is 0 Å². The largest absolute Gasteiger partial charge is 0.491 e. The van der Waals surface area contributed by atoms with Gasteiger partial charge in [-0.05, 0) is 6.92 Å². The summed E-state index contributed by atoms with van der Waals surface area (Å²) in [7, 11) is -6.76. The molecule has 0 saturated heterocycles. The average molecular weight is 868 g/mol. The van der Waals surface area contributed by atoms with Gasteiger partial charge in [0, 0.05) is 5.56 Å². The third kappa shape index (κ3) is 5.81.